The standard InChI is InChI=1S/C11H10F11I/c12-7(13,5-3-1-2-4-6(5)23)8(14,15)9(16,17)10(18,19)11(20,21)22/h5-6H,1-4H2. The van der Waals surface area contributed by atoms with E-state index in [9.17, 15) is 48.3 Å². The van der Waals surface area contributed by atoms with E-state index in [2.05, 4.69) is 0 Å². The predicted molar refractivity (Wildman–Crippen MR) is 65.6 cm³/mol. The highest BCUT2D eigenvalue weighted by Gasteiger charge is 2.87. The molecule has 1 fully saturated rings. The summed E-state index contributed by atoms with van der Waals surface area (Å²) < 4.78 is 141. The highest BCUT2D eigenvalue weighted by atomic mass is 127. The van der Waals surface area contributed by atoms with E-state index in [1.807, 2.05) is 0 Å². The van der Waals surface area contributed by atoms with Crippen LogP contribution in [-0.2, 0) is 0 Å². The monoisotopic (exact) mass is 478 g/mol. The molecule has 0 aromatic rings. The highest BCUT2D eigenvalue weighted by molar-refractivity contribution is 14.1. The van der Waals surface area contributed by atoms with E-state index in [1.54, 1.807) is 0 Å². The molecule has 1 aliphatic carbocycles. The molecule has 0 amide bonds. The molecule has 1 rings (SSSR count). The minimum atomic E-state index is -7.30. The molecule has 0 spiro atoms. The molecule has 0 aliphatic heterocycles. The maximum atomic E-state index is 13.8. The van der Waals surface area contributed by atoms with Crippen molar-refractivity contribution in [3.63, 3.8) is 0 Å². The van der Waals surface area contributed by atoms with Crippen LogP contribution in [0.2, 0.25) is 0 Å². The van der Waals surface area contributed by atoms with Crippen LogP contribution >= 0.6 is 22.6 Å². The lowest BCUT2D eigenvalue weighted by Crippen LogP contribution is -2.68. The van der Waals surface area contributed by atoms with Gasteiger partial charge in [0.1, 0.15) is 0 Å². The third kappa shape index (κ3) is 3.12. The van der Waals surface area contributed by atoms with Crippen LogP contribution < -0.4 is 0 Å². The molecule has 0 N–H and O–H groups in total. The van der Waals surface area contributed by atoms with Crippen molar-refractivity contribution in [3.8, 4) is 0 Å². The van der Waals surface area contributed by atoms with Gasteiger partial charge in [-0.2, -0.15) is 48.3 Å². The number of hydrogen-bond donors (Lipinski definition) is 0. The van der Waals surface area contributed by atoms with Gasteiger partial charge in [-0.3, -0.25) is 0 Å². The third-order valence-corrected chi connectivity index (χ3v) is 5.20. The fraction of sp³-hybridized carbons (Fsp3) is 1.00. The Bertz CT molecular complexity index is 428. The summed E-state index contributed by atoms with van der Waals surface area (Å²) in [6, 6.07) is 0. The SMILES string of the molecule is FC(F)(F)C(F)(F)C(F)(F)C(F)(F)C(F)(F)C1CCCCC1I. The fourth-order valence-corrected chi connectivity index (χ4v) is 3.56. The molecular weight excluding hydrogens is 468 g/mol. The largest absolute Gasteiger partial charge is 0.460 e. The van der Waals surface area contributed by atoms with Crippen molar-refractivity contribution >= 4 is 22.6 Å². The summed E-state index contributed by atoms with van der Waals surface area (Å²) in [6.07, 6.45) is -7.55. The van der Waals surface area contributed by atoms with E-state index in [0.29, 0.717) is 6.42 Å². The van der Waals surface area contributed by atoms with Gasteiger partial charge in [0, 0.05) is 9.84 Å². The molecule has 2 unspecified atom stereocenters. The molecule has 0 aromatic heterocycles. The Morgan fingerprint density at radius 3 is 1.43 bits per heavy atom. The first-order valence-corrected chi connectivity index (χ1v) is 7.48. The molecule has 23 heavy (non-hydrogen) atoms. The van der Waals surface area contributed by atoms with Crippen molar-refractivity contribution in [1.29, 1.82) is 0 Å². The van der Waals surface area contributed by atoms with E-state index >= 15 is 0 Å². The van der Waals surface area contributed by atoms with Crippen molar-refractivity contribution in [2.45, 2.75) is 59.5 Å². The molecule has 0 saturated heterocycles. The van der Waals surface area contributed by atoms with Crippen molar-refractivity contribution < 1.29 is 48.3 Å². The smallest absolute Gasteiger partial charge is 0.199 e. The molecule has 0 radical (unpaired) electrons. The molecule has 0 heterocycles. The van der Waals surface area contributed by atoms with Gasteiger partial charge in [0.05, 0.1) is 0 Å². The van der Waals surface area contributed by atoms with Crippen molar-refractivity contribution in [3.05, 3.63) is 0 Å². The number of halogens is 12. The van der Waals surface area contributed by atoms with Crippen molar-refractivity contribution in [2.75, 3.05) is 0 Å². The molecule has 1 aliphatic rings. The van der Waals surface area contributed by atoms with Gasteiger partial charge in [-0.1, -0.05) is 35.4 Å². The second-order valence-corrected chi connectivity index (χ2v) is 6.85. The van der Waals surface area contributed by atoms with Gasteiger partial charge in [0.25, 0.3) is 0 Å². The molecule has 138 valence electrons. The van der Waals surface area contributed by atoms with Gasteiger partial charge in [-0.15, -0.1) is 0 Å². The van der Waals surface area contributed by atoms with Gasteiger partial charge in [-0.05, 0) is 12.8 Å². The normalized spacial score (nSPS) is 25.6. The van der Waals surface area contributed by atoms with Gasteiger partial charge in [0.2, 0.25) is 0 Å². The second kappa shape index (κ2) is 6.04. The molecule has 0 aromatic carbocycles. The van der Waals surface area contributed by atoms with E-state index in [0.717, 1.165) is 0 Å². The van der Waals surface area contributed by atoms with Gasteiger partial charge in [0.15, 0.2) is 0 Å². The number of alkyl halides is 12. The van der Waals surface area contributed by atoms with Crippen LogP contribution in [0.3, 0.4) is 0 Å². The minimum absolute atomic E-state index is 0.0446. The lowest BCUT2D eigenvalue weighted by molar-refractivity contribution is -0.427. The van der Waals surface area contributed by atoms with Gasteiger partial charge >= 0.3 is 29.9 Å². The minimum Gasteiger partial charge on any atom is -0.199 e. The Labute approximate surface area is 136 Å². The lowest BCUT2D eigenvalue weighted by Gasteiger charge is -2.42. The topological polar surface area (TPSA) is 0 Å². The predicted octanol–water partition coefficient (Wildman–Crippen LogP) is 6.08. The van der Waals surface area contributed by atoms with E-state index in [-0.39, 0.29) is 12.8 Å². The first-order valence-electron chi connectivity index (χ1n) is 6.24. The van der Waals surface area contributed by atoms with Crippen LogP contribution in [0.5, 0.6) is 0 Å². The Morgan fingerprint density at radius 2 is 1.04 bits per heavy atom. The second-order valence-electron chi connectivity index (χ2n) is 5.25. The Balaban J connectivity index is 3.31. The zero-order chi connectivity index (χ0) is 18.5. The zero-order valence-electron chi connectivity index (χ0n) is 11.0. The van der Waals surface area contributed by atoms with Crippen LogP contribution in [0.1, 0.15) is 25.7 Å². The fourth-order valence-electron chi connectivity index (χ4n) is 2.31. The van der Waals surface area contributed by atoms with Gasteiger partial charge in [-0.25, -0.2) is 0 Å². The summed E-state index contributed by atoms with van der Waals surface area (Å²) >= 11 is 1.28. The lowest BCUT2D eigenvalue weighted by atomic mass is 9.80. The molecule has 12 heteroatoms. The highest BCUT2D eigenvalue weighted by Crippen LogP contribution is 2.60. The summed E-state index contributed by atoms with van der Waals surface area (Å²) in [5.74, 6) is -29.6. The maximum Gasteiger partial charge on any atom is 0.460 e. The van der Waals surface area contributed by atoms with E-state index in [1.165, 1.54) is 22.6 Å². The zero-order valence-corrected chi connectivity index (χ0v) is 13.2. The molecule has 1 saturated carbocycles. The number of hydrogen-bond acceptors (Lipinski definition) is 0. The maximum absolute atomic E-state index is 13.8. The summed E-state index contributed by atoms with van der Waals surface area (Å²) in [7, 11) is 0. The van der Waals surface area contributed by atoms with Crippen LogP contribution in [0.25, 0.3) is 0 Å². The quantitative estimate of drug-likeness (QED) is 0.261. The van der Waals surface area contributed by atoms with Crippen LogP contribution in [0.4, 0.5) is 48.3 Å². The van der Waals surface area contributed by atoms with Crippen LogP contribution in [-0.4, -0.2) is 33.8 Å². The third-order valence-electron chi connectivity index (χ3n) is 3.71. The van der Waals surface area contributed by atoms with Crippen LogP contribution in [0, 0.1) is 5.92 Å². The Morgan fingerprint density at radius 1 is 0.609 bits per heavy atom. The summed E-state index contributed by atoms with van der Waals surface area (Å²) in [5, 5.41) is 0. The average molecular weight is 478 g/mol. The molecule has 0 bridgehead atoms. The van der Waals surface area contributed by atoms with Gasteiger partial charge < -0.3 is 0 Å². The molecular formula is C11H10F11I. The summed E-state index contributed by atoms with van der Waals surface area (Å²) in [5.41, 5.74) is 0. The van der Waals surface area contributed by atoms with Crippen LogP contribution in [0.15, 0.2) is 0 Å². The first-order chi connectivity index (χ1) is 10.0. The van der Waals surface area contributed by atoms with Crippen molar-refractivity contribution in [2.24, 2.45) is 5.92 Å². The summed E-state index contributed by atoms with van der Waals surface area (Å²) in [4.78, 5) is 0. The Hall–Kier alpha value is -0.0400. The molecule has 2 atom stereocenters. The van der Waals surface area contributed by atoms with E-state index < -0.39 is 46.1 Å². The Kier molecular flexibility index (Phi) is 5.52. The van der Waals surface area contributed by atoms with E-state index in [4.69, 9.17) is 0 Å². The average Bonchev–Trinajstić information content (AvgIpc) is 2.36. The summed E-state index contributed by atoms with van der Waals surface area (Å²) in [6.45, 7) is 0. The number of rotatable bonds is 4. The molecule has 0 nitrogen and oxygen atoms in total. The van der Waals surface area contributed by atoms with Crippen molar-refractivity contribution in [1.82, 2.24) is 0 Å². The first kappa shape index (κ1) is 21.0.